The van der Waals surface area contributed by atoms with Crippen LogP contribution in [0.4, 0.5) is 0 Å². The van der Waals surface area contributed by atoms with Crippen molar-refractivity contribution < 1.29 is 9.53 Å². The molecular formula is C15H21N3O2. The average Bonchev–Trinajstić information content (AvgIpc) is 2.95. The number of aromatic nitrogens is 2. The third-order valence-corrected chi connectivity index (χ3v) is 4.12. The molecule has 0 saturated carbocycles. The summed E-state index contributed by atoms with van der Waals surface area (Å²) < 4.78 is 7.46. The van der Waals surface area contributed by atoms with Crippen LogP contribution >= 0.6 is 0 Å². The van der Waals surface area contributed by atoms with Gasteiger partial charge in [0, 0.05) is 39.0 Å². The second-order valence-electron chi connectivity index (χ2n) is 5.70. The summed E-state index contributed by atoms with van der Waals surface area (Å²) in [6.45, 7) is 2.49. The first-order valence-corrected chi connectivity index (χ1v) is 7.30. The predicted molar refractivity (Wildman–Crippen MR) is 74.9 cm³/mol. The number of aryl methyl sites for hydroxylation is 1. The van der Waals surface area contributed by atoms with Gasteiger partial charge in [0.05, 0.1) is 18.4 Å². The molecule has 0 N–H and O–H groups in total. The number of carbonyl (C=O) groups is 1. The lowest BCUT2D eigenvalue weighted by Crippen LogP contribution is -2.36. The number of rotatable bonds is 3. The Morgan fingerprint density at radius 1 is 1.55 bits per heavy atom. The van der Waals surface area contributed by atoms with E-state index in [4.69, 9.17) is 4.74 Å². The van der Waals surface area contributed by atoms with Gasteiger partial charge in [0.25, 0.3) is 5.91 Å². The molecular weight excluding hydrogens is 254 g/mol. The number of likely N-dealkylation sites (N-methyl/N-ethyl adjacent to an activating group) is 1. The number of amides is 1. The molecule has 0 bridgehead atoms. The smallest absolute Gasteiger partial charge is 0.252 e. The van der Waals surface area contributed by atoms with Crippen LogP contribution in [-0.4, -0.2) is 40.6 Å². The maximum Gasteiger partial charge on any atom is 0.252 e. The lowest BCUT2D eigenvalue weighted by atomic mass is 9.98. The maximum atomic E-state index is 12.3. The van der Waals surface area contributed by atoms with Crippen molar-refractivity contribution in [1.82, 2.24) is 14.5 Å². The number of imidazole rings is 1. The van der Waals surface area contributed by atoms with Crippen molar-refractivity contribution in [1.29, 1.82) is 0 Å². The SMILES string of the molecule is CN(C[C@H]1CCc2nccn2C1)C(=O)C1=COCCC1. The minimum Gasteiger partial charge on any atom is -0.501 e. The van der Waals surface area contributed by atoms with Gasteiger partial charge < -0.3 is 14.2 Å². The third-order valence-electron chi connectivity index (χ3n) is 4.12. The van der Waals surface area contributed by atoms with E-state index in [9.17, 15) is 4.79 Å². The van der Waals surface area contributed by atoms with Gasteiger partial charge >= 0.3 is 0 Å². The molecule has 1 amide bonds. The average molecular weight is 275 g/mol. The lowest BCUT2D eigenvalue weighted by Gasteiger charge is -2.29. The summed E-state index contributed by atoms with van der Waals surface area (Å²) in [5.74, 6) is 1.79. The molecule has 5 nitrogen and oxygen atoms in total. The number of hydrogen-bond acceptors (Lipinski definition) is 3. The van der Waals surface area contributed by atoms with E-state index in [1.807, 2.05) is 24.3 Å². The van der Waals surface area contributed by atoms with Crippen molar-refractivity contribution in [3.05, 3.63) is 30.1 Å². The highest BCUT2D eigenvalue weighted by molar-refractivity contribution is 5.93. The summed E-state index contributed by atoms with van der Waals surface area (Å²) in [4.78, 5) is 18.5. The molecule has 108 valence electrons. The second-order valence-corrected chi connectivity index (χ2v) is 5.70. The van der Waals surface area contributed by atoms with Gasteiger partial charge in [0.15, 0.2) is 0 Å². The Balaban J connectivity index is 1.58. The molecule has 0 unspecified atom stereocenters. The molecule has 20 heavy (non-hydrogen) atoms. The Bertz CT molecular complexity index is 521. The first-order chi connectivity index (χ1) is 9.74. The van der Waals surface area contributed by atoms with Crippen LogP contribution in [0.5, 0.6) is 0 Å². The summed E-state index contributed by atoms with van der Waals surface area (Å²) >= 11 is 0. The van der Waals surface area contributed by atoms with E-state index in [2.05, 4.69) is 9.55 Å². The first-order valence-electron chi connectivity index (χ1n) is 7.30. The fourth-order valence-electron chi connectivity index (χ4n) is 3.02. The van der Waals surface area contributed by atoms with Gasteiger partial charge in [-0.1, -0.05) is 0 Å². The van der Waals surface area contributed by atoms with E-state index < -0.39 is 0 Å². The van der Waals surface area contributed by atoms with Gasteiger partial charge in [-0.25, -0.2) is 4.98 Å². The molecule has 3 rings (SSSR count). The van der Waals surface area contributed by atoms with Crippen LogP contribution in [0.3, 0.4) is 0 Å². The molecule has 0 saturated heterocycles. The van der Waals surface area contributed by atoms with E-state index >= 15 is 0 Å². The highest BCUT2D eigenvalue weighted by atomic mass is 16.5. The highest BCUT2D eigenvalue weighted by Gasteiger charge is 2.23. The zero-order chi connectivity index (χ0) is 13.9. The van der Waals surface area contributed by atoms with Crippen molar-refractivity contribution in [3.63, 3.8) is 0 Å². The quantitative estimate of drug-likeness (QED) is 0.842. The Kier molecular flexibility index (Phi) is 3.76. The molecule has 3 heterocycles. The Hall–Kier alpha value is -1.78. The van der Waals surface area contributed by atoms with Crippen LogP contribution in [0.1, 0.15) is 25.1 Å². The van der Waals surface area contributed by atoms with Crippen molar-refractivity contribution in [3.8, 4) is 0 Å². The number of fused-ring (bicyclic) bond motifs is 1. The van der Waals surface area contributed by atoms with Crippen molar-refractivity contribution in [2.75, 3.05) is 20.2 Å². The predicted octanol–water partition coefficient (Wildman–Crippen LogP) is 1.60. The summed E-state index contributed by atoms with van der Waals surface area (Å²) in [6.07, 6.45) is 9.40. The van der Waals surface area contributed by atoms with Crippen molar-refractivity contribution in [2.45, 2.75) is 32.2 Å². The summed E-state index contributed by atoms with van der Waals surface area (Å²) in [5, 5.41) is 0. The van der Waals surface area contributed by atoms with Gasteiger partial charge in [-0.05, 0) is 25.2 Å². The van der Waals surface area contributed by atoms with Gasteiger partial charge in [-0.2, -0.15) is 0 Å². The van der Waals surface area contributed by atoms with E-state index in [0.717, 1.165) is 51.0 Å². The van der Waals surface area contributed by atoms with Crippen LogP contribution in [0, 0.1) is 5.92 Å². The molecule has 0 aliphatic carbocycles. The number of ether oxygens (including phenoxy) is 1. The van der Waals surface area contributed by atoms with Crippen LogP contribution in [0.2, 0.25) is 0 Å². The zero-order valence-electron chi connectivity index (χ0n) is 11.9. The molecule has 0 fully saturated rings. The number of nitrogens with zero attached hydrogens (tertiary/aromatic N) is 3. The monoisotopic (exact) mass is 275 g/mol. The molecule has 2 aliphatic rings. The fourth-order valence-corrected chi connectivity index (χ4v) is 3.02. The van der Waals surface area contributed by atoms with Gasteiger partial charge in [0.2, 0.25) is 0 Å². The van der Waals surface area contributed by atoms with Crippen LogP contribution in [0.25, 0.3) is 0 Å². The largest absolute Gasteiger partial charge is 0.501 e. The second kappa shape index (κ2) is 5.69. The fraction of sp³-hybridized carbons (Fsp3) is 0.600. The summed E-state index contributed by atoms with van der Waals surface area (Å²) in [6, 6.07) is 0. The molecule has 2 aliphatic heterocycles. The van der Waals surface area contributed by atoms with Gasteiger partial charge in [-0.3, -0.25) is 4.79 Å². The molecule has 0 spiro atoms. The standard InChI is InChI=1S/C15H21N3O2/c1-17(15(19)13-3-2-8-20-11-13)9-12-4-5-14-16-6-7-18(14)10-12/h6-7,11-12H,2-5,8-10H2,1H3/t12-/m1/s1. The van der Waals surface area contributed by atoms with Gasteiger partial charge in [-0.15, -0.1) is 0 Å². The maximum absolute atomic E-state index is 12.3. The van der Waals surface area contributed by atoms with Gasteiger partial charge in [0.1, 0.15) is 5.82 Å². The lowest BCUT2D eigenvalue weighted by molar-refractivity contribution is -0.127. The van der Waals surface area contributed by atoms with E-state index in [1.54, 1.807) is 6.26 Å². The van der Waals surface area contributed by atoms with Crippen LogP contribution < -0.4 is 0 Å². The van der Waals surface area contributed by atoms with Crippen LogP contribution in [-0.2, 0) is 22.5 Å². The van der Waals surface area contributed by atoms with Crippen LogP contribution in [0.15, 0.2) is 24.2 Å². The Labute approximate surface area is 119 Å². The summed E-state index contributed by atoms with van der Waals surface area (Å²) in [7, 11) is 1.89. The number of carbonyl (C=O) groups excluding carboxylic acids is 1. The minimum absolute atomic E-state index is 0.112. The van der Waals surface area contributed by atoms with E-state index in [0.29, 0.717) is 5.92 Å². The molecule has 1 atom stereocenters. The molecule has 0 radical (unpaired) electrons. The van der Waals surface area contributed by atoms with E-state index in [1.165, 1.54) is 5.82 Å². The summed E-state index contributed by atoms with van der Waals surface area (Å²) in [5.41, 5.74) is 0.804. The topological polar surface area (TPSA) is 47.4 Å². The normalized spacial score (nSPS) is 21.6. The van der Waals surface area contributed by atoms with E-state index in [-0.39, 0.29) is 5.91 Å². The molecule has 1 aromatic heterocycles. The molecule has 5 heteroatoms. The molecule has 1 aromatic rings. The van der Waals surface area contributed by atoms with Crippen molar-refractivity contribution in [2.24, 2.45) is 5.92 Å². The minimum atomic E-state index is 0.112. The Morgan fingerprint density at radius 3 is 3.25 bits per heavy atom. The third kappa shape index (κ3) is 2.71. The number of hydrogen-bond donors (Lipinski definition) is 0. The molecule has 0 aromatic carbocycles. The first kappa shape index (κ1) is 13.2. The van der Waals surface area contributed by atoms with Crippen molar-refractivity contribution >= 4 is 5.91 Å². The Morgan fingerprint density at radius 2 is 2.45 bits per heavy atom. The zero-order valence-corrected chi connectivity index (χ0v) is 11.9. The highest BCUT2D eigenvalue weighted by Crippen LogP contribution is 2.21.